The van der Waals surface area contributed by atoms with E-state index in [0.717, 1.165) is 0 Å². The minimum atomic E-state index is -5.85. The fraction of sp³-hybridized carbons (Fsp3) is 0.444. The molecule has 0 radical (unpaired) electrons. The van der Waals surface area contributed by atoms with Crippen LogP contribution in [0.2, 0.25) is 0 Å². The van der Waals surface area contributed by atoms with Crippen molar-refractivity contribution in [3.63, 3.8) is 0 Å². The summed E-state index contributed by atoms with van der Waals surface area (Å²) in [6.07, 6.45) is -5.85. The number of Topliss-reactive ketones (excluding diaryl/α,β-unsaturated/α-hetero) is 1. The molecule has 1 nitrogen and oxygen atoms in total. The number of thiophene rings is 1. The number of hydrogen-bond acceptors (Lipinski definition) is 2. The zero-order valence-corrected chi connectivity index (χ0v) is 9.10. The third kappa shape index (κ3) is 2.09. The number of rotatable bonds is 2. The van der Waals surface area contributed by atoms with Crippen LogP contribution < -0.4 is 0 Å². The normalized spacial score (nSPS) is 12.9. The van der Waals surface area contributed by atoms with Crippen LogP contribution >= 0.6 is 11.3 Å². The number of ketones is 1. The van der Waals surface area contributed by atoms with E-state index in [1.165, 1.54) is 19.9 Å². The van der Waals surface area contributed by atoms with Crippen molar-refractivity contribution in [2.75, 3.05) is 0 Å². The molecule has 0 fully saturated rings. The maximum absolute atomic E-state index is 12.7. The van der Waals surface area contributed by atoms with Gasteiger partial charge in [0.2, 0.25) is 0 Å². The number of carbonyl (C=O) groups excluding carboxylic acids is 1. The number of carbonyl (C=O) groups is 1. The highest BCUT2D eigenvalue weighted by molar-refractivity contribution is 7.14. The first-order valence-corrected chi connectivity index (χ1v) is 4.95. The van der Waals surface area contributed by atoms with Gasteiger partial charge in [0.05, 0.1) is 4.88 Å². The summed E-state index contributed by atoms with van der Waals surface area (Å²) < 4.78 is 61.3. The van der Waals surface area contributed by atoms with Crippen LogP contribution in [0, 0.1) is 13.8 Å². The fourth-order valence-electron chi connectivity index (χ4n) is 1.14. The molecule has 0 aliphatic heterocycles. The monoisotopic (exact) mass is 258 g/mol. The smallest absolute Gasteiger partial charge is 0.286 e. The van der Waals surface area contributed by atoms with Crippen LogP contribution in [0.3, 0.4) is 0 Å². The Morgan fingerprint density at radius 1 is 1.19 bits per heavy atom. The number of halogens is 5. The Balaban J connectivity index is 3.17. The lowest BCUT2D eigenvalue weighted by Gasteiger charge is -2.17. The van der Waals surface area contributed by atoms with Crippen LogP contribution in [0.5, 0.6) is 0 Å². The number of aryl methyl sites for hydroxylation is 2. The molecule has 1 aromatic rings. The molecule has 1 heterocycles. The summed E-state index contributed by atoms with van der Waals surface area (Å²) in [5, 5.41) is 0. The molecule has 0 amide bonds. The summed E-state index contributed by atoms with van der Waals surface area (Å²) in [5.74, 6) is -7.51. The Hall–Kier alpha value is -0.980. The van der Waals surface area contributed by atoms with Crippen molar-refractivity contribution in [3.8, 4) is 0 Å². The van der Waals surface area contributed by atoms with Gasteiger partial charge >= 0.3 is 12.1 Å². The van der Waals surface area contributed by atoms with Crippen LogP contribution in [0.4, 0.5) is 22.0 Å². The Morgan fingerprint density at radius 2 is 1.69 bits per heavy atom. The Labute approximate surface area is 91.9 Å². The SMILES string of the molecule is Cc1cc(C)c(C(=O)C(F)(F)C(F)(F)F)s1. The van der Waals surface area contributed by atoms with Gasteiger partial charge in [-0.3, -0.25) is 4.79 Å². The molecular weight excluding hydrogens is 251 g/mol. The summed E-state index contributed by atoms with van der Waals surface area (Å²) >= 11 is 0.636. The van der Waals surface area contributed by atoms with Gasteiger partial charge in [0.15, 0.2) is 0 Å². The van der Waals surface area contributed by atoms with Crippen LogP contribution in [0.1, 0.15) is 20.1 Å². The van der Waals surface area contributed by atoms with E-state index in [-0.39, 0.29) is 5.56 Å². The van der Waals surface area contributed by atoms with Crippen LogP contribution in [-0.4, -0.2) is 17.9 Å². The lowest BCUT2D eigenvalue weighted by Crippen LogP contribution is -2.43. The highest BCUT2D eigenvalue weighted by Gasteiger charge is 2.63. The molecule has 0 bridgehead atoms. The molecule has 7 heteroatoms. The van der Waals surface area contributed by atoms with Crippen LogP contribution in [0.25, 0.3) is 0 Å². The second-order valence-corrected chi connectivity index (χ2v) is 4.53. The summed E-state index contributed by atoms with van der Waals surface area (Å²) in [7, 11) is 0. The molecule has 1 rings (SSSR count). The first kappa shape index (κ1) is 13.1. The maximum Gasteiger partial charge on any atom is 0.461 e. The molecule has 0 aromatic carbocycles. The number of alkyl halides is 5. The zero-order valence-electron chi connectivity index (χ0n) is 8.28. The molecule has 0 N–H and O–H groups in total. The molecule has 1 aromatic heterocycles. The fourth-order valence-corrected chi connectivity index (χ4v) is 2.14. The molecule has 0 saturated carbocycles. The first-order valence-electron chi connectivity index (χ1n) is 4.13. The van der Waals surface area contributed by atoms with E-state index in [4.69, 9.17) is 0 Å². The minimum Gasteiger partial charge on any atom is -0.286 e. The van der Waals surface area contributed by atoms with E-state index >= 15 is 0 Å². The van der Waals surface area contributed by atoms with Gasteiger partial charge in [-0.25, -0.2) is 0 Å². The van der Waals surface area contributed by atoms with E-state index in [0.29, 0.717) is 16.2 Å². The van der Waals surface area contributed by atoms with Crippen molar-refractivity contribution >= 4 is 17.1 Å². The van der Waals surface area contributed by atoms with Gasteiger partial charge in [-0.05, 0) is 25.5 Å². The molecular formula is C9H7F5OS. The molecule has 0 aliphatic rings. The summed E-state index contributed by atoms with van der Waals surface area (Å²) in [6.45, 7) is 2.85. The van der Waals surface area contributed by atoms with Gasteiger partial charge in [-0.1, -0.05) is 0 Å². The molecule has 0 unspecified atom stereocenters. The largest absolute Gasteiger partial charge is 0.461 e. The lowest BCUT2D eigenvalue weighted by atomic mass is 10.1. The summed E-state index contributed by atoms with van der Waals surface area (Å²) in [5.41, 5.74) is 0.136. The molecule has 0 aliphatic carbocycles. The maximum atomic E-state index is 12.7. The van der Waals surface area contributed by atoms with E-state index in [1.807, 2.05) is 0 Å². The Bertz CT molecular complexity index is 418. The quantitative estimate of drug-likeness (QED) is 0.583. The van der Waals surface area contributed by atoms with Gasteiger partial charge < -0.3 is 0 Å². The van der Waals surface area contributed by atoms with E-state index in [1.54, 1.807) is 0 Å². The molecule has 0 atom stereocenters. The van der Waals surface area contributed by atoms with Crippen LogP contribution in [0.15, 0.2) is 6.07 Å². The Morgan fingerprint density at radius 3 is 2.00 bits per heavy atom. The van der Waals surface area contributed by atoms with Crippen molar-refractivity contribution < 1.29 is 26.7 Å². The van der Waals surface area contributed by atoms with Gasteiger partial charge in [0.1, 0.15) is 0 Å². The van der Waals surface area contributed by atoms with Crippen molar-refractivity contribution in [1.29, 1.82) is 0 Å². The second-order valence-electron chi connectivity index (χ2n) is 3.27. The standard InChI is InChI=1S/C9H7F5OS/c1-4-3-5(2)16-6(4)7(15)8(10,11)9(12,13)14/h3H,1-2H3. The average Bonchev–Trinajstić information content (AvgIpc) is 2.41. The van der Waals surface area contributed by atoms with Gasteiger partial charge in [0.25, 0.3) is 5.78 Å². The Kier molecular flexibility index (Phi) is 3.11. The van der Waals surface area contributed by atoms with Gasteiger partial charge in [-0.2, -0.15) is 22.0 Å². The highest BCUT2D eigenvalue weighted by atomic mass is 32.1. The lowest BCUT2D eigenvalue weighted by molar-refractivity contribution is -0.255. The predicted octanol–water partition coefficient (Wildman–Crippen LogP) is 3.75. The molecule has 90 valence electrons. The third-order valence-electron chi connectivity index (χ3n) is 1.89. The minimum absolute atomic E-state index is 0.136. The highest BCUT2D eigenvalue weighted by Crippen LogP contribution is 2.39. The van der Waals surface area contributed by atoms with E-state index in [2.05, 4.69) is 0 Å². The van der Waals surface area contributed by atoms with Crippen molar-refractivity contribution in [3.05, 3.63) is 21.4 Å². The molecule has 0 saturated heterocycles. The predicted molar refractivity (Wildman–Crippen MR) is 49.1 cm³/mol. The summed E-state index contributed by atoms with van der Waals surface area (Å²) in [4.78, 5) is 11.1. The third-order valence-corrected chi connectivity index (χ3v) is 3.04. The average molecular weight is 258 g/mol. The van der Waals surface area contributed by atoms with Crippen molar-refractivity contribution in [1.82, 2.24) is 0 Å². The summed E-state index contributed by atoms with van der Waals surface area (Å²) in [6, 6.07) is 1.39. The van der Waals surface area contributed by atoms with Gasteiger partial charge in [0, 0.05) is 4.88 Å². The van der Waals surface area contributed by atoms with Crippen molar-refractivity contribution in [2.24, 2.45) is 0 Å². The van der Waals surface area contributed by atoms with Crippen LogP contribution in [-0.2, 0) is 0 Å². The second kappa shape index (κ2) is 3.80. The zero-order chi connectivity index (χ0) is 12.7. The topological polar surface area (TPSA) is 17.1 Å². The van der Waals surface area contributed by atoms with E-state index in [9.17, 15) is 26.7 Å². The van der Waals surface area contributed by atoms with Gasteiger partial charge in [-0.15, -0.1) is 11.3 Å². The molecule has 16 heavy (non-hydrogen) atoms. The molecule has 0 spiro atoms. The number of hydrogen-bond donors (Lipinski definition) is 0. The van der Waals surface area contributed by atoms with E-state index < -0.39 is 22.8 Å². The van der Waals surface area contributed by atoms with Crippen molar-refractivity contribution in [2.45, 2.75) is 25.9 Å². The first-order chi connectivity index (χ1) is 7.07.